The molecule has 1 amide bonds. The molecule has 0 saturated carbocycles. The van der Waals surface area contributed by atoms with E-state index in [1.807, 2.05) is 42.5 Å². The first-order valence-electron chi connectivity index (χ1n) is 8.21. The maximum absolute atomic E-state index is 12.4. The largest absolute Gasteiger partial charge is 0.506 e. The molecule has 0 aliphatic heterocycles. The molecule has 0 atom stereocenters. The van der Waals surface area contributed by atoms with Gasteiger partial charge >= 0.3 is 0 Å². The molecule has 3 aromatic carbocycles. The van der Waals surface area contributed by atoms with Gasteiger partial charge in [-0.2, -0.15) is 0 Å². The summed E-state index contributed by atoms with van der Waals surface area (Å²) in [5.74, 6) is 0.218. The highest BCUT2D eigenvalue weighted by atomic mass is 32.1. The van der Waals surface area contributed by atoms with Gasteiger partial charge in [0, 0.05) is 11.6 Å². The van der Waals surface area contributed by atoms with Crippen LogP contribution in [0.5, 0.6) is 11.5 Å². The van der Waals surface area contributed by atoms with Crippen molar-refractivity contribution in [3.63, 3.8) is 0 Å². The summed E-state index contributed by atoms with van der Waals surface area (Å²) in [5, 5.41) is 15.3. The highest BCUT2D eigenvalue weighted by Gasteiger charge is 2.10. The maximum atomic E-state index is 12.4. The van der Waals surface area contributed by atoms with Gasteiger partial charge in [-0.1, -0.05) is 42.5 Å². The number of thiocarbonyl (C=S) groups is 1. The number of carbonyl (C=O) groups excluding carboxylic acids is 1. The third-order valence-corrected chi connectivity index (χ3v) is 4.14. The number of carbonyl (C=O) groups is 1. The lowest BCUT2D eigenvalue weighted by molar-refractivity contribution is 0.0977. The van der Waals surface area contributed by atoms with Crippen molar-refractivity contribution in [3.05, 3.63) is 78.4 Å². The number of amides is 1. The molecular weight excluding hydrogens is 360 g/mol. The number of phenolic OH excluding ortho intramolecular Hbond substituents is 1. The number of aromatic hydroxyl groups is 1. The number of nitrogens with one attached hydrogen (secondary N) is 2. The molecular formula is C21H18N2O3S. The van der Waals surface area contributed by atoms with E-state index in [9.17, 15) is 9.90 Å². The lowest BCUT2D eigenvalue weighted by Gasteiger charge is -2.12. The lowest BCUT2D eigenvalue weighted by Crippen LogP contribution is -2.34. The standard InChI is InChI=1S/C21H18N2O3S/c1-26-17-11-12-19(24)18(13-17)22-21(27)23-20(25)16-9-7-15(8-10-16)14-5-3-2-4-6-14/h2-13,24H,1H3,(H2,22,23,25,27). The molecule has 0 saturated heterocycles. The average molecular weight is 378 g/mol. The van der Waals surface area contributed by atoms with Crippen LogP contribution in [-0.4, -0.2) is 23.2 Å². The minimum absolute atomic E-state index is 0.000358. The summed E-state index contributed by atoms with van der Waals surface area (Å²) in [5.41, 5.74) is 2.93. The van der Waals surface area contributed by atoms with Crippen molar-refractivity contribution in [2.24, 2.45) is 0 Å². The van der Waals surface area contributed by atoms with Gasteiger partial charge in [-0.25, -0.2) is 0 Å². The number of ether oxygens (including phenoxy) is 1. The molecule has 0 unspecified atom stereocenters. The second-order valence-corrected chi connectivity index (χ2v) is 6.14. The SMILES string of the molecule is COc1ccc(O)c(NC(=S)NC(=O)c2ccc(-c3ccccc3)cc2)c1. The van der Waals surface area contributed by atoms with Crippen LogP contribution < -0.4 is 15.4 Å². The van der Waals surface area contributed by atoms with E-state index in [0.717, 1.165) is 11.1 Å². The predicted octanol–water partition coefficient (Wildman–Crippen LogP) is 4.19. The van der Waals surface area contributed by atoms with E-state index in [1.54, 1.807) is 24.3 Å². The molecule has 136 valence electrons. The summed E-state index contributed by atoms with van der Waals surface area (Å²) >= 11 is 5.16. The van der Waals surface area contributed by atoms with Crippen LogP contribution in [0.2, 0.25) is 0 Å². The van der Waals surface area contributed by atoms with Crippen molar-refractivity contribution in [2.75, 3.05) is 12.4 Å². The number of anilines is 1. The molecule has 0 radical (unpaired) electrons. The predicted molar refractivity (Wildman–Crippen MR) is 110 cm³/mol. The molecule has 0 bridgehead atoms. The van der Waals surface area contributed by atoms with Crippen molar-refractivity contribution in [3.8, 4) is 22.6 Å². The van der Waals surface area contributed by atoms with Gasteiger partial charge in [-0.3, -0.25) is 10.1 Å². The molecule has 0 fully saturated rings. The van der Waals surface area contributed by atoms with Crippen molar-refractivity contribution in [1.29, 1.82) is 0 Å². The third kappa shape index (κ3) is 4.62. The van der Waals surface area contributed by atoms with Gasteiger partial charge in [-0.05, 0) is 47.6 Å². The highest BCUT2D eigenvalue weighted by molar-refractivity contribution is 7.80. The zero-order chi connectivity index (χ0) is 19.2. The zero-order valence-corrected chi connectivity index (χ0v) is 15.4. The maximum Gasteiger partial charge on any atom is 0.257 e. The average Bonchev–Trinajstić information content (AvgIpc) is 2.70. The van der Waals surface area contributed by atoms with E-state index in [-0.39, 0.29) is 16.8 Å². The van der Waals surface area contributed by atoms with Gasteiger partial charge in [0.1, 0.15) is 11.5 Å². The van der Waals surface area contributed by atoms with Gasteiger partial charge in [0.05, 0.1) is 12.8 Å². The first-order valence-corrected chi connectivity index (χ1v) is 8.62. The molecule has 27 heavy (non-hydrogen) atoms. The van der Waals surface area contributed by atoms with Crippen LogP contribution in [0, 0.1) is 0 Å². The monoisotopic (exact) mass is 378 g/mol. The summed E-state index contributed by atoms with van der Waals surface area (Å²) < 4.78 is 5.11. The van der Waals surface area contributed by atoms with Crippen molar-refractivity contribution in [2.45, 2.75) is 0 Å². The fourth-order valence-corrected chi connectivity index (χ4v) is 2.72. The minimum atomic E-state index is -0.338. The van der Waals surface area contributed by atoms with E-state index in [2.05, 4.69) is 10.6 Å². The van der Waals surface area contributed by atoms with E-state index < -0.39 is 0 Å². The number of hydrogen-bond donors (Lipinski definition) is 3. The normalized spacial score (nSPS) is 10.1. The number of phenols is 1. The van der Waals surface area contributed by atoms with E-state index in [4.69, 9.17) is 17.0 Å². The van der Waals surface area contributed by atoms with Crippen LogP contribution in [0.4, 0.5) is 5.69 Å². The van der Waals surface area contributed by atoms with Crippen molar-refractivity contribution >= 4 is 28.9 Å². The van der Waals surface area contributed by atoms with E-state index >= 15 is 0 Å². The second kappa shape index (κ2) is 8.33. The van der Waals surface area contributed by atoms with Crippen molar-refractivity contribution < 1.29 is 14.6 Å². The minimum Gasteiger partial charge on any atom is -0.506 e. The van der Waals surface area contributed by atoms with Crippen LogP contribution in [0.15, 0.2) is 72.8 Å². The number of methoxy groups -OCH3 is 1. The molecule has 0 aliphatic carbocycles. The van der Waals surface area contributed by atoms with Gasteiger partial charge in [-0.15, -0.1) is 0 Å². The summed E-state index contributed by atoms with van der Waals surface area (Å²) in [6.45, 7) is 0. The summed E-state index contributed by atoms with van der Waals surface area (Å²) in [7, 11) is 1.52. The first kappa shape index (κ1) is 18.4. The Bertz CT molecular complexity index is 957. The highest BCUT2D eigenvalue weighted by Crippen LogP contribution is 2.27. The number of benzene rings is 3. The van der Waals surface area contributed by atoms with Crippen LogP contribution in [0.1, 0.15) is 10.4 Å². The Labute approximate surface area is 162 Å². The van der Waals surface area contributed by atoms with Gasteiger partial charge in [0.15, 0.2) is 5.11 Å². The van der Waals surface area contributed by atoms with Gasteiger partial charge < -0.3 is 15.2 Å². The van der Waals surface area contributed by atoms with Gasteiger partial charge in [0.25, 0.3) is 5.91 Å². The second-order valence-electron chi connectivity index (χ2n) is 5.73. The first-order chi connectivity index (χ1) is 13.1. The molecule has 3 rings (SSSR count). The number of rotatable bonds is 4. The van der Waals surface area contributed by atoms with Crippen LogP contribution in [-0.2, 0) is 0 Å². The quantitative estimate of drug-likeness (QED) is 0.469. The van der Waals surface area contributed by atoms with Gasteiger partial charge in [0.2, 0.25) is 0 Å². The Kier molecular flexibility index (Phi) is 5.68. The Morgan fingerprint density at radius 3 is 2.30 bits per heavy atom. The third-order valence-electron chi connectivity index (χ3n) is 3.93. The fourth-order valence-electron chi connectivity index (χ4n) is 2.52. The van der Waals surface area contributed by atoms with Crippen molar-refractivity contribution in [1.82, 2.24) is 5.32 Å². The number of hydrogen-bond acceptors (Lipinski definition) is 4. The fraction of sp³-hybridized carbons (Fsp3) is 0.0476. The smallest absolute Gasteiger partial charge is 0.257 e. The van der Waals surface area contributed by atoms with Crippen LogP contribution in [0.25, 0.3) is 11.1 Å². The molecule has 0 aliphatic rings. The lowest BCUT2D eigenvalue weighted by atomic mass is 10.0. The zero-order valence-electron chi connectivity index (χ0n) is 14.6. The Balaban J connectivity index is 1.65. The molecule has 0 spiro atoms. The Morgan fingerprint density at radius 1 is 0.963 bits per heavy atom. The topological polar surface area (TPSA) is 70.6 Å². The molecule has 3 aromatic rings. The van der Waals surface area contributed by atoms with Crippen LogP contribution >= 0.6 is 12.2 Å². The Hall–Kier alpha value is -3.38. The summed E-state index contributed by atoms with van der Waals surface area (Å²) in [4.78, 5) is 12.4. The van der Waals surface area contributed by atoms with E-state index in [1.165, 1.54) is 13.2 Å². The summed E-state index contributed by atoms with van der Waals surface area (Å²) in [6.07, 6.45) is 0. The van der Waals surface area contributed by atoms with Crippen LogP contribution in [0.3, 0.4) is 0 Å². The summed E-state index contributed by atoms with van der Waals surface area (Å²) in [6, 6.07) is 21.8. The molecule has 5 nitrogen and oxygen atoms in total. The van der Waals surface area contributed by atoms with E-state index in [0.29, 0.717) is 17.0 Å². The molecule has 3 N–H and O–H groups in total. The molecule has 0 heterocycles. The molecule has 0 aromatic heterocycles. The molecule has 6 heteroatoms. The Morgan fingerprint density at radius 2 is 1.63 bits per heavy atom.